The normalized spacial score (nSPS) is 12.2. The third kappa shape index (κ3) is 7.08. The van der Waals surface area contributed by atoms with Crippen LogP contribution in [0.5, 0.6) is 0 Å². The van der Waals surface area contributed by atoms with Crippen molar-refractivity contribution in [2.75, 3.05) is 7.05 Å². The molecule has 0 bridgehead atoms. The van der Waals surface area contributed by atoms with E-state index in [0.717, 1.165) is 12.1 Å². The Labute approximate surface area is 171 Å². The molecule has 0 aliphatic carbocycles. The first-order chi connectivity index (χ1) is 13.7. The summed E-state index contributed by atoms with van der Waals surface area (Å²) in [5.41, 5.74) is 6.46. The second kappa shape index (κ2) is 13.4. The van der Waals surface area contributed by atoms with Gasteiger partial charge in [-0.05, 0) is 60.8 Å². The van der Waals surface area contributed by atoms with E-state index in [1.54, 1.807) is 0 Å². The predicted octanol–water partition coefficient (Wildman–Crippen LogP) is 6.87. The highest BCUT2D eigenvalue weighted by Crippen LogP contribution is 2.27. The number of aryl methyl sites for hydroxylation is 1. The number of hydrogen-bond acceptors (Lipinski definition) is 2. The van der Waals surface area contributed by atoms with E-state index in [9.17, 15) is 0 Å². The zero-order valence-corrected chi connectivity index (χ0v) is 17.6. The van der Waals surface area contributed by atoms with E-state index in [1.807, 2.05) is 13.1 Å². The average molecular weight is 375 g/mol. The third-order valence-electron chi connectivity index (χ3n) is 5.17. The molecule has 2 aromatic carbocycles. The molecule has 0 heterocycles. The fraction of sp³-hybridized carbons (Fsp3) is 0.346. The molecule has 28 heavy (non-hydrogen) atoms. The van der Waals surface area contributed by atoms with Crippen LogP contribution in [0.15, 0.2) is 72.9 Å². The first-order valence-corrected chi connectivity index (χ1v) is 10.1. The van der Waals surface area contributed by atoms with Gasteiger partial charge in [0, 0.05) is 19.3 Å². The van der Waals surface area contributed by atoms with Gasteiger partial charge in [0.25, 0.3) is 0 Å². The van der Waals surface area contributed by atoms with Crippen molar-refractivity contribution in [3.8, 4) is 6.57 Å². The Hall–Kier alpha value is -2.79. The number of nitriles is 1. The Kier molecular flexibility index (Phi) is 11.1. The monoisotopic (exact) mass is 374 g/mol. The first-order valence-electron chi connectivity index (χ1n) is 10.1. The van der Waals surface area contributed by atoms with Crippen molar-refractivity contribution >= 4 is 5.57 Å². The Morgan fingerprint density at radius 3 is 2.25 bits per heavy atom. The van der Waals surface area contributed by atoms with Gasteiger partial charge in [0.2, 0.25) is 0 Å². The number of nitrogens with zero attached hydrogens (tertiary/aromatic N) is 1. The Balaban J connectivity index is 0.00000190. The molecule has 0 saturated carbocycles. The lowest BCUT2D eigenvalue weighted by molar-refractivity contribution is 0.546. The van der Waals surface area contributed by atoms with Gasteiger partial charge in [-0.25, -0.2) is 5.26 Å². The quantitative estimate of drug-likeness (QED) is 0.461. The maximum Gasteiger partial charge on any atom is 0.0462 e. The minimum Gasteiger partial charge on any atom is -0.391 e. The van der Waals surface area contributed by atoms with Crippen LogP contribution in [0.25, 0.3) is 5.57 Å². The minimum atomic E-state index is 0.689. The summed E-state index contributed by atoms with van der Waals surface area (Å²) in [5.74, 6) is 0.689. The summed E-state index contributed by atoms with van der Waals surface area (Å²) in [6.45, 7) is 11.8. The van der Waals surface area contributed by atoms with Crippen LogP contribution in [0.1, 0.15) is 62.1 Å². The van der Waals surface area contributed by atoms with Gasteiger partial charge < -0.3 is 5.32 Å². The molecule has 0 radical (unpaired) electrons. The molecule has 0 amide bonds. The molecule has 1 atom stereocenters. The molecule has 0 aliphatic heterocycles. The van der Waals surface area contributed by atoms with E-state index in [0.29, 0.717) is 5.92 Å². The van der Waals surface area contributed by atoms with Gasteiger partial charge in [0.15, 0.2) is 0 Å². The molecular formula is C26H34N2. The molecule has 0 saturated heterocycles. The maximum absolute atomic E-state index is 6.50. The van der Waals surface area contributed by atoms with Crippen molar-refractivity contribution in [2.24, 2.45) is 0 Å². The first kappa shape index (κ1) is 23.2. The van der Waals surface area contributed by atoms with Gasteiger partial charge in [0.05, 0.1) is 0 Å². The fourth-order valence-electron chi connectivity index (χ4n) is 3.58. The summed E-state index contributed by atoms with van der Waals surface area (Å²) in [6.07, 6.45) is 8.09. The third-order valence-corrected chi connectivity index (χ3v) is 5.17. The molecule has 1 N–H and O–H groups in total. The van der Waals surface area contributed by atoms with Gasteiger partial charge in [-0.3, -0.25) is 0 Å². The SMILES string of the molecule is C#N.C=C/C(=C(/C)NC)c1ccc(CCCC(CCC)c2ccccc2)cc1. The van der Waals surface area contributed by atoms with Gasteiger partial charge in [-0.15, -0.1) is 0 Å². The highest BCUT2D eigenvalue weighted by Gasteiger charge is 2.10. The highest BCUT2D eigenvalue weighted by atomic mass is 14.8. The van der Waals surface area contributed by atoms with Crippen LogP contribution < -0.4 is 5.32 Å². The van der Waals surface area contributed by atoms with E-state index in [4.69, 9.17) is 5.26 Å². The van der Waals surface area contributed by atoms with Crippen molar-refractivity contribution in [1.82, 2.24) is 5.32 Å². The molecule has 2 rings (SSSR count). The zero-order valence-electron chi connectivity index (χ0n) is 17.6. The van der Waals surface area contributed by atoms with Crippen LogP contribution in [0.4, 0.5) is 0 Å². The average Bonchev–Trinajstić information content (AvgIpc) is 2.76. The van der Waals surface area contributed by atoms with Crippen molar-refractivity contribution in [2.45, 2.75) is 51.9 Å². The fourth-order valence-corrected chi connectivity index (χ4v) is 3.58. The predicted molar refractivity (Wildman–Crippen MR) is 122 cm³/mol. The van der Waals surface area contributed by atoms with E-state index in [2.05, 4.69) is 86.9 Å². The molecule has 148 valence electrons. The highest BCUT2D eigenvalue weighted by molar-refractivity contribution is 5.75. The van der Waals surface area contributed by atoms with Crippen LogP contribution >= 0.6 is 0 Å². The smallest absolute Gasteiger partial charge is 0.0462 e. The molecule has 2 aromatic rings. The van der Waals surface area contributed by atoms with E-state index < -0.39 is 0 Å². The van der Waals surface area contributed by atoms with Gasteiger partial charge >= 0.3 is 0 Å². The minimum absolute atomic E-state index is 0.689. The van der Waals surface area contributed by atoms with Crippen molar-refractivity contribution in [3.05, 3.63) is 89.6 Å². The summed E-state index contributed by atoms with van der Waals surface area (Å²) < 4.78 is 0. The molecule has 0 spiro atoms. The molecule has 0 aliphatic rings. The number of nitrogens with one attached hydrogen (secondary N) is 1. The molecule has 0 aromatic heterocycles. The Bertz CT molecular complexity index is 739. The zero-order chi connectivity index (χ0) is 20.8. The summed E-state index contributed by atoms with van der Waals surface area (Å²) in [5, 5.41) is 9.71. The lowest BCUT2D eigenvalue weighted by atomic mass is 9.89. The molecular weight excluding hydrogens is 340 g/mol. The van der Waals surface area contributed by atoms with Gasteiger partial charge in [0.1, 0.15) is 0 Å². The van der Waals surface area contributed by atoms with Gasteiger partial charge in [-0.2, -0.15) is 0 Å². The lowest BCUT2D eigenvalue weighted by Crippen LogP contribution is -2.04. The molecule has 1 unspecified atom stereocenters. The summed E-state index contributed by atoms with van der Waals surface area (Å²) in [7, 11) is 1.95. The van der Waals surface area contributed by atoms with E-state index in [1.165, 1.54) is 47.9 Å². The summed E-state index contributed by atoms with van der Waals surface area (Å²) in [4.78, 5) is 0. The van der Waals surface area contributed by atoms with Crippen molar-refractivity contribution in [1.29, 1.82) is 5.26 Å². The molecule has 2 nitrogen and oxygen atoms in total. The topological polar surface area (TPSA) is 35.8 Å². The number of allylic oxidation sites excluding steroid dienone is 3. The standard InChI is InChI=1S/C25H33N.CHN/c1-5-11-22(23-13-8-7-9-14-23)15-10-12-21-16-18-24(19-17-21)25(6-2)20(3)26-4;1-2/h6-9,13-14,16-19,22,26H,2,5,10-12,15H2,1,3-4H3;1H/b25-20+;. The van der Waals surface area contributed by atoms with Crippen molar-refractivity contribution in [3.63, 3.8) is 0 Å². The Morgan fingerprint density at radius 2 is 1.71 bits per heavy atom. The summed E-state index contributed by atoms with van der Waals surface area (Å²) >= 11 is 0. The summed E-state index contributed by atoms with van der Waals surface area (Å²) in [6, 6.07) is 19.9. The number of rotatable bonds is 10. The lowest BCUT2D eigenvalue weighted by Gasteiger charge is -2.16. The van der Waals surface area contributed by atoms with Crippen molar-refractivity contribution < 1.29 is 0 Å². The van der Waals surface area contributed by atoms with Crippen LogP contribution in [0.3, 0.4) is 0 Å². The molecule has 2 heteroatoms. The molecule has 0 fully saturated rings. The van der Waals surface area contributed by atoms with Crippen LogP contribution in [0, 0.1) is 11.8 Å². The largest absolute Gasteiger partial charge is 0.391 e. The second-order valence-corrected chi connectivity index (χ2v) is 6.98. The Morgan fingerprint density at radius 1 is 1.07 bits per heavy atom. The van der Waals surface area contributed by atoms with Gasteiger partial charge in [-0.1, -0.05) is 80.6 Å². The second-order valence-electron chi connectivity index (χ2n) is 6.98. The van der Waals surface area contributed by atoms with E-state index >= 15 is 0 Å². The number of hydrogen-bond donors (Lipinski definition) is 1. The van der Waals surface area contributed by atoms with Crippen LogP contribution in [-0.2, 0) is 6.42 Å². The maximum atomic E-state index is 6.50. The number of benzene rings is 2. The van der Waals surface area contributed by atoms with Crippen LogP contribution in [-0.4, -0.2) is 7.05 Å². The van der Waals surface area contributed by atoms with E-state index in [-0.39, 0.29) is 0 Å². The van der Waals surface area contributed by atoms with Crippen LogP contribution in [0.2, 0.25) is 0 Å².